The van der Waals surface area contributed by atoms with Crippen molar-refractivity contribution in [2.45, 2.75) is 240 Å². The zero-order chi connectivity index (χ0) is 99.3. The van der Waals surface area contributed by atoms with Gasteiger partial charge < -0.3 is 65.9 Å². The van der Waals surface area contributed by atoms with Gasteiger partial charge in [-0.1, -0.05) is 97.6 Å². The number of rotatable bonds is 26. The lowest BCUT2D eigenvalue weighted by atomic mass is 9.96. The molecule has 0 spiro atoms. The summed E-state index contributed by atoms with van der Waals surface area (Å²) in [6.45, 7) is 33.0. The van der Waals surface area contributed by atoms with E-state index in [2.05, 4.69) is 80.2 Å². The van der Waals surface area contributed by atoms with Gasteiger partial charge >= 0.3 is 37.0 Å². The van der Waals surface area contributed by atoms with Gasteiger partial charge in [0.25, 0.3) is 0 Å². The smallest absolute Gasteiger partial charge is 0.406 e. The lowest BCUT2D eigenvalue weighted by Crippen LogP contribution is -2.49. The molecule has 59 heteroatoms. The molecule has 0 radical (unpaired) electrons. The van der Waals surface area contributed by atoms with E-state index in [0.717, 1.165) is 35.3 Å². The number of alkyl halides is 3. The highest BCUT2D eigenvalue weighted by molar-refractivity contribution is 8.14. The number of aromatic nitrogens is 16. The van der Waals surface area contributed by atoms with Crippen molar-refractivity contribution in [2.24, 2.45) is 16.2 Å². The van der Waals surface area contributed by atoms with E-state index < -0.39 is 156 Å². The third-order valence-corrected chi connectivity index (χ3v) is 32.0. The molecule has 1 unspecified atom stereocenters. The second-order valence-electron chi connectivity index (χ2n) is 36.3. The van der Waals surface area contributed by atoms with Crippen molar-refractivity contribution in [1.29, 1.82) is 0 Å². The van der Waals surface area contributed by atoms with Crippen LogP contribution in [0.2, 0.25) is 0 Å². The zero-order valence-electron chi connectivity index (χ0n) is 78.0. The molecule has 49 nitrogen and oxygen atoms in total. The highest BCUT2D eigenvalue weighted by Crippen LogP contribution is 2.62. The number of ether oxygens (including phenoxy) is 8. The molecule has 21 atom stereocenters. The number of hydrogen-bond acceptors (Lipinski definition) is 44. The summed E-state index contributed by atoms with van der Waals surface area (Å²) in [6.07, 6.45) is -5.70. The van der Waals surface area contributed by atoms with Crippen molar-refractivity contribution >= 4 is 156 Å². The molecule has 0 saturated carbocycles. The van der Waals surface area contributed by atoms with Crippen LogP contribution in [0.4, 0.5) is 37.0 Å². The number of hydrogen-bond donors (Lipinski definition) is 9. The van der Waals surface area contributed by atoms with E-state index in [1.165, 1.54) is 84.4 Å². The van der Waals surface area contributed by atoms with Crippen LogP contribution in [0.1, 0.15) is 156 Å². The van der Waals surface area contributed by atoms with Crippen molar-refractivity contribution in [2.75, 3.05) is 106 Å². The van der Waals surface area contributed by atoms with Crippen LogP contribution in [-0.2, 0) is 97.3 Å². The fraction of sp³-hybridized carbons (Fsp3) is 0.688. The van der Waals surface area contributed by atoms with Crippen molar-refractivity contribution < 1.29 is 130 Å². The van der Waals surface area contributed by atoms with E-state index in [1.807, 2.05) is 62.3 Å². The highest BCUT2D eigenvalue weighted by atomic mass is 32.2. The molecule has 136 heavy (non-hydrogen) atoms. The Morgan fingerprint density at radius 3 is 1.10 bits per heavy atom. The predicted molar refractivity (Wildman–Crippen MR) is 490 cm³/mol. The Morgan fingerprint density at radius 1 is 0.463 bits per heavy atom. The van der Waals surface area contributed by atoms with Gasteiger partial charge in [-0.3, -0.25) is 73.6 Å². The molecule has 8 aromatic rings. The number of thioether (sulfide) groups is 3. The highest BCUT2D eigenvalue weighted by Gasteiger charge is 2.66. The van der Waals surface area contributed by atoms with Gasteiger partial charge in [0, 0.05) is 53.1 Å². The summed E-state index contributed by atoms with van der Waals surface area (Å²) >= 11 is 3.36. The number of nitrogens with one attached hydrogen (secondary N) is 4. The average Bonchev–Trinajstić information content (AvgIpc) is 1.59. The Bertz CT molecular complexity index is 5490. The SMILES string of the molecule is CC(C)OC(=O)[C@H](C)N[P@]1(=O)OC[C@H]2O[C@@H](n3cnc4cnc(N)nc43)[C@](C)(O)[C@@H]2O1.CCOc1nc(N)nc2c1ncn2[C@@H]1O[C@@H]2COP(=O)(NCCSC(=O)C(C)(C)C)O[C@H]2[C@@]1(C)F.CCOc1nc(N)nc2c1ncn2[C@@H]1O[C@@H]2CO[P@@](=O)(NCCSC(=O)C(C)(C)C)O[C@H]2[C@@]1(C)F.CCOc1nc(N)nc2c1ncn2[C@@H]1O[C@@H]2CO[P@](=O)(NCCSC(=O)C(C)(C)C)O[C@H]2[C@@]1(C)F. The molecule has 8 fully saturated rings. The standard InChI is InChI=1S/3C20H30FN6O6PS.C17H25N6O7P/c3*1-6-30-15-12-14(25-18(22)26-15)27(10-23-12)16-20(5,21)13-11(32-16)9-31-34(29,33-13)24-7-8-35-17(28)19(2,3)4;1-8(2)28-14(24)9(3)22-31(26)27-6-11-12(30-31)17(4,25)15(29-11)23-7-20-10-5-19-16(18)21-13(10)23/h3*10-11,13,16H,6-9H2,1-5H3,(H,24,29)(H2,22,25,26);5,7-9,11-12,15,25H,6H2,1-4H3,(H,22,26)(H2,18,19,21)/t11-,13-,16-,20-,34?;11-,13-,16-,20-,34+;11-,13-,16-,20-,34-;9-,11+,12+,15+,17+,31-/m1110/s1. The average molecular weight is 2050 g/mol. The van der Waals surface area contributed by atoms with E-state index in [-0.39, 0.29) is 126 Å². The number of fused-ring (bicyclic) bond motifs is 8. The van der Waals surface area contributed by atoms with Gasteiger partial charge in [0.05, 0.1) is 83.9 Å². The number of carbonyl (C=O) groups is 4. The van der Waals surface area contributed by atoms with Gasteiger partial charge in [0.1, 0.15) is 66.0 Å². The number of nitrogens with zero attached hydrogens (tertiary/aromatic N) is 16. The topological polar surface area (TPSA) is 631 Å². The maximum Gasteiger partial charge on any atom is 0.406 e. The van der Waals surface area contributed by atoms with E-state index in [1.54, 1.807) is 34.6 Å². The molecule has 8 aliphatic rings. The van der Waals surface area contributed by atoms with Crippen LogP contribution < -0.4 is 57.5 Å². The van der Waals surface area contributed by atoms with Gasteiger partial charge in [-0.05, 0) is 69.2 Å². The maximum absolute atomic E-state index is 16.2. The first-order chi connectivity index (χ1) is 63.6. The predicted octanol–water partition coefficient (Wildman–Crippen LogP) is 9.07. The summed E-state index contributed by atoms with van der Waals surface area (Å²) in [7, 11) is -15.4. The van der Waals surface area contributed by atoms with Crippen LogP contribution in [0.25, 0.3) is 44.7 Å². The second-order valence-corrected chi connectivity index (χ2v) is 46.6. The normalized spacial score (nSPS) is 31.7. The van der Waals surface area contributed by atoms with Gasteiger partial charge in [-0.2, -0.15) is 34.9 Å². The minimum absolute atomic E-state index is 0.0102. The van der Waals surface area contributed by atoms with Gasteiger partial charge in [0.2, 0.25) is 41.4 Å². The Hall–Kier alpha value is -7.64. The van der Waals surface area contributed by atoms with Gasteiger partial charge in [0.15, 0.2) is 96.4 Å². The van der Waals surface area contributed by atoms with E-state index >= 15 is 13.2 Å². The molecule has 0 aliphatic carbocycles. The maximum atomic E-state index is 16.2. The van der Waals surface area contributed by atoms with Crippen molar-refractivity contribution in [3.8, 4) is 17.6 Å². The Balaban J connectivity index is 0.000000154. The molecular weight excluding hydrogens is 1940 g/mol. The number of halogens is 3. The van der Waals surface area contributed by atoms with Gasteiger partial charge in [-0.25, -0.2) is 76.7 Å². The molecule has 0 bridgehead atoms. The number of nitrogen functional groups attached to an aromatic ring is 4. The van der Waals surface area contributed by atoms with Crippen molar-refractivity contribution in [1.82, 2.24) is 98.4 Å². The summed E-state index contributed by atoms with van der Waals surface area (Å²) in [5.41, 5.74) is 16.1. The summed E-state index contributed by atoms with van der Waals surface area (Å²) < 4.78 is 196. The molecule has 0 amide bonds. The minimum Gasteiger partial charge on any atom is -0.476 e. The van der Waals surface area contributed by atoms with E-state index in [0.29, 0.717) is 64.8 Å². The second kappa shape index (κ2) is 41.1. The Kier molecular flexibility index (Phi) is 32.0. The number of anilines is 4. The lowest BCUT2D eigenvalue weighted by molar-refractivity contribution is -0.149. The molecule has 8 saturated heterocycles. The number of nitrogens with two attached hydrogens (primary N) is 4. The fourth-order valence-electron chi connectivity index (χ4n) is 15.0. The van der Waals surface area contributed by atoms with Crippen molar-refractivity contribution in [3.05, 3.63) is 31.5 Å². The third kappa shape index (κ3) is 23.1. The van der Waals surface area contributed by atoms with Gasteiger partial charge in [-0.15, -0.1) is 0 Å². The quantitative estimate of drug-likeness (QED) is 0.0139. The van der Waals surface area contributed by atoms with Crippen LogP contribution in [-0.4, -0.2) is 271 Å². The third-order valence-electron chi connectivity index (χ3n) is 21.6. The summed E-state index contributed by atoms with van der Waals surface area (Å²) in [5, 5.41) is 22.0. The Labute approximate surface area is 791 Å². The number of imidazole rings is 4. The number of aliphatic hydroxyl groups is 1. The molecule has 16 heterocycles. The Morgan fingerprint density at radius 2 is 0.765 bits per heavy atom. The van der Waals surface area contributed by atoms with E-state index in [4.69, 9.17) is 97.0 Å². The molecule has 0 aromatic carbocycles. The molecule has 16 rings (SSSR count). The largest absolute Gasteiger partial charge is 0.476 e. The van der Waals surface area contributed by atoms with Crippen LogP contribution in [0.3, 0.4) is 0 Å². The molecule has 8 aromatic heterocycles. The first-order valence-electron chi connectivity index (χ1n) is 43.3. The fourth-order valence-corrected chi connectivity index (χ4v) is 24.5. The zero-order valence-corrected chi connectivity index (χ0v) is 84.0. The first-order valence-corrected chi connectivity index (χ1v) is 52.4. The summed E-state index contributed by atoms with van der Waals surface area (Å²) in [5.74, 6) is 0.877. The van der Waals surface area contributed by atoms with Crippen molar-refractivity contribution in [3.63, 3.8) is 0 Å². The lowest BCUT2D eigenvalue weighted by Gasteiger charge is -2.36. The first kappa shape index (κ1) is 106. The van der Waals surface area contributed by atoms with Crippen LogP contribution in [0.15, 0.2) is 31.5 Å². The monoisotopic (exact) mass is 2050 g/mol. The number of carbonyl (C=O) groups excluding carboxylic acids is 4. The number of esters is 1. The minimum atomic E-state index is -3.94. The summed E-state index contributed by atoms with van der Waals surface area (Å²) in [4.78, 5) is 97.9. The summed E-state index contributed by atoms with van der Waals surface area (Å²) in [6, 6.07) is -0.954. The molecule has 8 aliphatic heterocycles. The van der Waals surface area contributed by atoms with Crippen LogP contribution >= 0.6 is 66.3 Å². The molecule has 13 N–H and O–H groups in total. The van der Waals surface area contributed by atoms with Crippen LogP contribution in [0.5, 0.6) is 17.6 Å². The molecule has 752 valence electrons. The van der Waals surface area contributed by atoms with E-state index in [9.17, 15) is 42.5 Å². The molecular formula is C77H115F3N24O25P4S3. The van der Waals surface area contributed by atoms with Crippen LogP contribution in [0, 0.1) is 16.2 Å².